The van der Waals surface area contributed by atoms with Gasteiger partial charge in [0.25, 0.3) is 0 Å². The van der Waals surface area contributed by atoms with E-state index in [0.29, 0.717) is 95.2 Å². The van der Waals surface area contributed by atoms with E-state index in [9.17, 15) is 39.0 Å². The number of nitrogens with one attached hydrogen (secondary N) is 3. The highest BCUT2D eigenvalue weighted by molar-refractivity contribution is 5.97. The Morgan fingerprint density at radius 2 is 0.816 bits per heavy atom. The molecule has 3 aromatic heterocycles. The number of aromatic amines is 3. The van der Waals surface area contributed by atoms with Crippen LogP contribution in [0, 0.1) is 47.9 Å². The Bertz CT molecular complexity index is 4220. The van der Waals surface area contributed by atoms with Crippen LogP contribution < -0.4 is 0 Å². The predicted molar refractivity (Wildman–Crippen MR) is 373 cm³/mol. The number of ketones is 3. The fourth-order valence-electron chi connectivity index (χ4n) is 14.3. The number of rotatable bonds is 18. The molecule has 0 amide bonds. The van der Waals surface area contributed by atoms with Crippen LogP contribution >= 0.6 is 0 Å². The molecule has 18 heteroatoms. The molecule has 0 atom stereocenters. The zero-order chi connectivity index (χ0) is 69.8. The maximum absolute atomic E-state index is 13.0. The molecular formula is C80H88N6O12. The fraction of sp³-hybridized carbons (Fsp3) is 0.438. The summed E-state index contributed by atoms with van der Waals surface area (Å²) in [6.07, 6.45) is 40.8. The molecule has 3 saturated heterocycles. The highest BCUT2D eigenvalue weighted by atomic mass is 16.5. The number of carbonyl (C=O) groups is 6. The Kier molecular flexibility index (Phi) is 22.5. The van der Waals surface area contributed by atoms with Gasteiger partial charge in [-0.15, -0.1) is 19.3 Å². The Labute approximate surface area is 573 Å². The number of allylic oxidation sites excluding steroid dienone is 6. The standard InChI is InChI=1S/C28H32N2O4.C27H30N2O4.C25H26N2O4/c1-5-22-18-29-25(30-22)24(31)16-20-6-7-21(28(26(32)33-4)12-14-34-15-13-28)17-23(20)19-8-10-27(2,3)11-9-19;1-4-21-17-28-24(29-21)23(30)15-19-5-6-20(27(25(31)32)11-13-33-14-12-27)16-22(19)18-7-9-26(2,3)10-8-18;1-2-20-16-26-23(27-20)22(28)14-18-8-9-19(15-21(18)17-6-4-3-5-7-17)25(24(29)30)10-12-31-13-11-25/h1,6-8,17-18H,9-16H2,2-4H3,(H,29,30);1,5-7,16-17H,8-15H2,2-3H3,(H,28,29)(H,31,32);1,6,8-9,15-16H,3-5,7,10-14H2,(H,26,27)(H,29,30). The highest BCUT2D eigenvalue weighted by Crippen LogP contribution is 2.45. The number of H-pyrrole nitrogens is 3. The lowest BCUT2D eigenvalue weighted by Crippen LogP contribution is -2.42. The molecule has 3 aliphatic carbocycles. The number of benzene rings is 3. The average Bonchev–Trinajstić information content (AvgIpc) is 1.37. The molecule has 6 aromatic rings. The minimum atomic E-state index is -0.966. The third-order valence-corrected chi connectivity index (χ3v) is 20.7. The number of methoxy groups -OCH3 is 1. The van der Waals surface area contributed by atoms with Crippen LogP contribution in [0.1, 0.15) is 229 Å². The third kappa shape index (κ3) is 16.0. The van der Waals surface area contributed by atoms with Crippen molar-refractivity contribution in [1.29, 1.82) is 0 Å². The fourth-order valence-corrected chi connectivity index (χ4v) is 14.3. The van der Waals surface area contributed by atoms with Crippen molar-refractivity contribution >= 4 is 52.0 Å². The number of hydrogen-bond acceptors (Lipinski definition) is 13. The number of aromatic nitrogens is 6. The number of carbonyl (C=O) groups excluding carboxylic acids is 4. The van der Waals surface area contributed by atoms with Crippen LogP contribution in [0.25, 0.3) is 16.7 Å². The maximum atomic E-state index is 13.0. The number of carboxylic acid groups (broad SMARTS) is 2. The number of aliphatic carboxylic acids is 2. The van der Waals surface area contributed by atoms with E-state index in [1.807, 2.05) is 48.5 Å². The van der Waals surface area contributed by atoms with Crippen LogP contribution in [0.2, 0.25) is 0 Å². The van der Waals surface area contributed by atoms with E-state index in [0.717, 1.165) is 114 Å². The lowest BCUT2D eigenvalue weighted by Gasteiger charge is -2.36. The number of esters is 1. The Morgan fingerprint density at radius 3 is 1.10 bits per heavy atom. The van der Waals surface area contributed by atoms with E-state index < -0.39 is 28.2 Å². The molecule has 0 bridgehead atoms. The molecule has 6 heterocycles. The molecule has 0 spiro atoms. The van der Waals surface area contributed by atoms with Crippen LogP contribution in [0.5, 0.6) is 0 Å². The summed E-state index contributed by atoms with van der Waals surface area (Å²) in [5.41, 5.74) is 11.0. The minimum Gasteiger partial charge on any atom is -0.481 e. The molecule has 0 saturated carbocycles. The van der Waals surface area contributed by atoms with Crippen LogP contribution in [0.3, 0.4) is 0 Å². The molecule has 0 radical (unpaired) electrons. The van der Waals surface area contributed by atoms with Crippen molar-refractivity contribution in [3.05, 3.63) is 176 Å². The van der Waals surface area contributed by atoms with E-state index in [2.05, 4.69) is 99.7 Å². The molecule has 3 aromatic carbocycles. The van der Waals surface area contributed by atoms with Crippen LogP contribution in [0.4, 0.5) is 0 Å². The Hall–Kier alpha value is -9.51. The molecular weight excluding hydrogens is 1240 g/mol. The summed E-state index contributed by atoms with van der Waals surface area (Å²) in [6.45, 7) is 11.8. The number of carboxylic acids is 2. The topological polar surface area (TPSA) is 266 Å². The van der Waals surface area contributed by atoms with Crippen molar-refractivity contribution in [2.75, 3.05) is 46.8 Å². The highest BCUT2D eigenvalue weighted by Gasteiger charge is 2.46. The van der Waals surface area contributed by atoms with Crippen molar-refractivity contribution in [3.63, 3.8) is 0 Å². The largest absolute Gasteiger partial charge is 0.481 e. The van der Waals surface area contributed by atoms with Crippen molar-refractivity contribution in [3.8, 4) is 37.0 Å². The summed E-state index contributed by atoms with van der Waals surface area (Å²) in [7, 11) is 1.44. The van der Waals surface area contributed by atoms with Gasteiger partial charge in [0.2, 0.25) is 17.3 Å². The lowest BCUT2D eigenvalue weighted by molar-refractivity contribution is -0.151. The number of imidazole rings is 3. The summed E-state index contributed by atoms with van der Waals surface area (Å²) in [4.78, 5) is 97.4. The van der Waals surface area contributed by atoms with Crippen LogP contribution in [-0.2, 0) is 68.8 Å². The Morgan fingerprint density at radius 1 is 0.480 bits per heavy atom. The maximum Gasteiger partial charge on any atom is 0.316 e. The smallest absolute Gasteiger partial charge is 0.316 e. The number of terminal acetylenes is 3. The SMILES string of the molecule is C#Cc1cnc(C(=O)Cc2ccc(C3(C(=O)O)CCOCC3)cc2C2=CCC(C)(C)CC2)[nH]1.C#Cc1cnc(C(=O)Cc2ccc(C3(C(=O)O)CCOCC3)cc2C2=CCCCC2)[nH]1.C#Cc1cnc(C(=O)Cc2ccc(C3(C(=O)OC)CCOCC3)cc2C2=CCC(C)(C)CC2)[nH]1. The zero-order valence-electron chi connectivity index (χ0n) is 56.9. The molecule has 510 valence electrons. The van der Waals surface area contributed by atoms with Gasteiger partial charge in [-0.25, -0.2) is 15.0 Å². The molecule has 5 N–H and O–H groups in total. The van der Waals surface area contributed by atoms with Gasteiger partial charge in [0.05, 0.1) is 41.9 Å². The molecule has 12 rings (SSSR count). The quantitative estimate of drug-likeness (QED) is 0.0304. The number of hydrogen-bond donors (Lipinski definition) is 5. The van der Waals surface area contributed by atoms with Gasteiger partial charge in [-0.3, -0.25) is 28.8 Å². The first-order valence-electron chi connectivity index (χ1n) is 34.0. The van der Waals surface area contributed by atoms with E-state index in [1.165, 1.54) is 42.4 Å². The Balaban J connectivity index is 0.000000159. The van der Waals surface area contributed by atoms with Crippen LogP contribution in [-0.4, -0.2) is 122 Å². The van der Waals surface area contributed by atoms with Crippen LogP contribution in [0.15, 0.2) is 91.4 Å². The van der Waals surface area contributed by atoms with Crippen molar-refractivity contribution in [2.24, 2.45) is 10.8 Å². The van der Waals surface area contributed by atoms with Gasteiger partial charge in [-0.1, -0.05) is 118 Å². The van der Waals surface area contributed by atoms with Gasteiger partial charge < -0.3 is 44.1 Å². The summed E-state index contributed by atoms with van der Waals surface area (Å²) >= 11 is 0. The second-order valence-electron chi connectivity index (χ2n) is 28.1. The lowest BCUT2D eigenvalue weighted by atomic mass is 9.71. The molecule has 0 unspecified atom stereocenters. The monoisotopic (exact) mass is 1320 g/mol. The first kappa shape index (κ1) is 71.3. The summed E-state index contributed by atoms with van der Waals surface area (Å²) in [5, 5.41) is 20.2. The summed E-state index contributed by atoms with van der Waals surface area (Å²) in [6, 6.07) is 17.6. The molecule has 3 aliphatic heterocycles. The second kappa shape index (κ2) is 30.9. The zero-order valence-corrected chi connectivity index (χ0v) is 56.9. The minimum absolute atomic E-state index is 0.124. The second-order valence-corrected chi connectivity index (χ2v) is 28.1. The number of nitrogens with zero attached hydrogens (tertiary/aromatic N) is 3. The van der Waals surface area contributed by atoms with E-state index in [-0.39, 0.29) is 70.9 Å². The molecule has 6 aliphatic rings. The third-order valence-electron chi connectivity index (χ3n) is 20.7. The van der Waals surface area contributed by atoms with Gasteiger partial charge in [0.15, 0.2) is 17.5 Å². The predicted octanol–water partition coefficient (Wildman–Crippen LogP) is 13.1. The van der Waals surface area contributed by atoms with Gasteiger partial charge in [0, 0.05) is 58.9 Å². The van der Waals surface area contributed by atoms with E-state index in [1.54, 1.807) is 0 Å². The first-order chi connectivity index (χ1) is 47.0. The molecule has 98 heavy (non-hydrogen) atoms. The van der Waals surface area contributed by atoms with Crippen molar-refractivity contribution in [1.82, 2.24) is 29.9 Å². The van der Waals surface area contributed by atoms with Crippen molar-refractivity contribution in [2.45, 2.75) is 166 Å². The summed E-state index contributed by atoms with van der Waals surface area (Å²) in [5.74, 6) is 5.80. The van der Waals surface area contributed by atoms with Gasteiger partial charge in [-0.05, 0) is 180 Å². The first-order valence-corrected chi connectivity index (χ1v) is 34.0. The average molecular weight is 1330 g/mol. The van der Waals surface area contributed by atoms with Crippen molar-refractivity contribution < 1.29 is 57.9 Å². The number of ether oxygens (including phenoxy) is 4. The molecule has 18 nitrogen and oxygen atoms in total. The van der Waals surface area contributed by atoms with E-state index in [4.69, 9.17) is 38.2 Å². The van der Waals surface area contributed by atoms with Gasteiger partial charge >= 0.3 is 17.9 Å². The molecule has 3 fully saturated rings. The van der Waals surface area contributed by atoms with Gasteiger partial charge in [-0.2, -0.15) is 0 Å². The summed E-state index contributed by atoms with van der Waals surface area (Å²) < 4.78 is 21.7. The van der Waals surface area contributed by atoms with Gasteiger partial charge in [0.1, 0.15) is 17.1 Å². The number of Topliss-reactive ketones (excluding diaryl/α,β-unsaturated/α-hetero) is 3. The van der Waals surface area contributed by atoms with E-state index >= 15 is 0 Å². The normalized spacial score (nSPS) is 18.9.